The van der Waals surface area contributed by atoms with E-state index < -0.39 is 0 Å². The first-order chi connectivity index (χ1) is 5.02. The van der Waals surface area contributed by atoms with Crippen LogP contribution in [-0.2, 0) is 0 Å². The molecule has 0 saturated carbocycles. The first-order valence-corrected chi connectivity index (χ1v) is 4.50. The maximum atomic E-state index is 6.16. The lowest BCUT2D eigenvalue weighted by Crippen LogP contribution is -2.42. The van der Waals surface area contributed by atoms with Crippen LogP contribution in [0.3, 0.4) is 0 Å². The highest BCUT2D eigenvalue weighted by Gasteiger charge is 2.28. The summed E-state index contributed by atoms with van der Waals surface area (Å²) in [4.78, 5) is 2.37. The molecule has 2 N–H and O–H groups in total. The normalized spacial score (nSPS) is 42.0. The monoisotopic (exact) mass is 156 g/mol. The van der Waals surface area contributed by atoms with Gasteiger partial charge < -0.3 is 10.6 Å². The lowest BCUT2D eigenvalue weighted by molar-refractivity contribution is 0.305. The minimum Gasteiger partial charge on any atom is -0.325 e. The molecule has 0 spiro atoms. The van der Waals surface area contributed by atoms with Gasteiger partial charge in [-0.3, -0.25) is 0 Å². The maximum absolute atomic E-state index is 6.16. The van der Waals surface area contributed by atoms with Crippen LogP contribution in [0, 0.1) is 5.92 Å². The summed E-state index contributed by atoms with van der Waals surface area (Å²) in [7, 11) is 2.17. The van der Waals surface area contributed by atoms with E-state index in [1.165, 1.54) is 13.0 Å². The zero-order valence-electron chi connectivity index (χ0n) is 7.93. The summed E-state index contributed by atoms with van der Waals surface area (Å²) in [5.74, 6) is 0.660. The third-order valence-electron chi connectivity index (χ3n) is 3.10. The van der Waals surface area contributed by atoms with Gasteiger partial charge in [0, 0.05) is 5.54 Å². The van der Waals surface area contributed by atoms with Crippen LogP contribution < -0.4 is 5.73 Å². The van der Waals surface area contributed by atoms with E-state index in [1.807, 2.05) is 0 Å². The third-order valence-corrected chi connectivity index (χ3v) is 3.10. The summed E-state index contributed by atoms with van der Waals surface area (Å²) in [5, 5.41) is 0. The second-order valence-corrected chi connectivity index (χ2v) is 4.25. The van der Waals surface area contributed by atoms with E-state index in [4.69, 9.17) is 5.73 Å². The SMILES string of the molecule is CC1CCN(C)CCC1(C)N. The fraction of sp³-hybridized carbons (Fsp3) is 1.00. The highest BCUT2D eigenvalue weighted by Crippen LogP contribution is 2.24. The zero-order chi connectivity index (χ0) is 8.48. The van der Waals surface area contributed by atoms with Gasteiger partial charge >= 0.3 is 0 Å². The Kier molecular flexibility index (Phi) is 2.55. The molecule has 2 atom stereocenters. The van der Waals surface area contributed by atoms with Crippen molar-refractivity contribution in [2.45, 2.75) is 32.2 Å². The van der Waals surface area contributed by atoms with Crippen LogP contribution in [0.2, 0.25) is 0 Å². The van der Waals surface area contributed by atoms with Gasteiger partial charge in [-0.05, 0) is 45.8 Å². The number of nitrogens with zero attached hydrogens (tertiary/aromatic N) is 1. The first kappa shape index (κ1) is 9.01. The quantitative estimate of drug-likeness (QED) is 0.568. The Morgan fingerprint density at radius 3 is 2.73 bits per heavy atom. The maximum Gasteiger partial charge on any atom is 0.0164 e. The molecule has 2 unspecified atom stereocenters. The van der Waals surface area contributed by atoms with Crippen molar-refractivity contribution in [3.63, 3.8) is 0 Å². The number of hydrogen-bond donors (Lipinski definition) is 1. The zero-order valence-corrected chi connectivity index (χ0v) is 7.93. The fourth-order valence-corrected chi connectivity index (χ4v) is 1.53. The van der Waals surface area contributed by atoms with Gasteiger partial charge in [0.1, 0.15) is 0 Å². The molecule has 2 heteroatoms. The Hall–Kier alpha value is -0.0800. The van der Waals surface area contributed by atoms with Crippen molar-refractivity contribution < 1.29 is 0 Å². The van der Waals surface area contributed by atoms with E-state index in [1.54, 1.807) is 0 Å². The van der Waals surface area contributed by atoms with Crippen molar-refractivity contribution in [1.82, 2.24) is 4.90 Å². The Morgan fingerprint density at radius 1 is 1.45 bits per heavy atom. The summed E-state index contributed by atoms with van der Waals surface area (Å²) in [6.07, 6.45) is 2.37. The number of hydrogen-bond acceptors (Lipinski definition) is 2. The molecule has 1 aliphatic heterocycles. The van der Waals surface area contributed by atoms with Crippen LogP contribution >= 0.6 is 0 Å². The summed E-state index contributed by atoms with van der Waals surface area (Å²) in [6, 6.07) is 0. The molecule has 11 heavy (non-hydrogen) atoms. The molecule has 0 aromatic heterocycles. The highest BCUT2D eigenvalue weighted by molar-refractivity contribution is 4.87. The van der Waals surface area contributed by atoms with Crippen LogP contribution in [0.5, 0.6) is 0 Å². The van der Waals surface area contributed by atoms with E-state index in [2.05, 4.69) is 25.8 Å². The molecule has 2 nitrogen and oxygen atoms in total. The number of likely N-dealkylation sites (tertiary alicyclic amines) is 1. The minimum atomic E-state index is 0.0603. The molecule has 1 rings (SSSR count). The van der Waals surface area contributed by atoms with Crippen LogP contribution in [0.15, 0.2) is 0 Å². The molecular weight excluding hydrogens is 136 g/mol. The number of rotatable bonds is 0. The Labute approximate surface area is 69.8 Å². The summed E-state index contributed by atoms with van der Waals surface area (Å²) < 4.78 is 0. The molecule has 0 aromatic rings. The standard InChI is InChI=1S/C9H20N2/c1-8-4-6-11(3)7-5-9(8,2)10/h8H,4-7,10H2,1-3H3. The van der Waals surface area contributed by atoms with E-state index in [0.29, 0.717) is 5.92 Å². The topological polar surface area (TPSA) is 29.3 Å². The van der Waals surface area contributed by atoms with Gasteiger partial charge in [-0.2, -0.15) is 0 Å². The average Bonchev–Trinajstić information content (AvgIpc) is 2.03. The average molecular weight is 156 g/mol. The first-order valence-electron chi connectivity index (χ1n) is 4.50. The van der Waals surface area contributed by atoms with Crippen LogP contribution in [0.25, 0.3) is 0 Å². The molecule has 1 fully saturated rings. The van der Waals surface area contributed by atoms with Crippen molar-refractivity contribution in [2.75, 3.05) is 20.1 Å². The molecular formula is C9H20N2. The smallest absolute Gasteiger partial charge is 0.0164 e. The Balaban J connectivity index is 2.56. The van der Waals surface area contributed by atoms with Crippen molar-refractivity contribution >= 4 is 0 Å². The highest BCUT2D eigenvalue weighted by atomic mass is 15.1. The van der Waals surface area contributed by atoms with Crippen molar-refractivity contribution in [1.29, 1.82) is 0 Å². The van der Waals surface area contributed by atoms with Crippen LogP contribution in [-0.4, -0.2) is 30.6 Å². The van der Waals surface area contributed by atoms with Crippen molar-refractivity contribution in [2.24, 2.45) is 11.7 Å². The van der Waals surface area contributed by atoms with Gasteiger partial charge in [-0.1, -0.05) is 6.92 Å². The fourth-order valence-electron chi connectivity index (χ4n) is 1.53. The van der Waals surface area contributed by atoms with Gasteiger partial charge in [0.15, 0.2) is 0 Å². The van der Waals surface area contributed by atoms with E-state index in [-0.39, 0.29) is 5.54 Å². The lowest BCUT2D eigenvalue weighted by Gasteiger charge is -2.29. The minimum absolute atomic E-state index is 0.0603. The van der Waals surface area contributed by atoms with Crippen molar-refractivity contribution in [3.8, 4) is 0 Å². The van der Waals surface area contributed by atoms with E-state index in [9.17, 15) is 0 Å². The van der Waals surface area contributed by atoms with Gasteiger partial charge in [0.05, 0.1) is 0 Å². The molecule has 0 aromatic carbocycles. The van der Waals surface area contributed by atoms with E-state index in [0.717, 1.165) is 13.0 Å². The summed E-state index contributed by atoms with van der Waals surface area (Å²) >= 11 is 0. The van der Waals surface area contributed by atoms with E-state index >= 15 is 0 Å². The summed E-state index contributed by atoms with van der Waals surface area (Å²) in [6.45, 7) is 6.79. The predicted molar refractivity (Wildman–Crippen MR) is 48.5 cm³/mol. The largest absolute Gasteiger partial charge is 0.325 e. The third kappa shape index (κ3) is 2.17. The second-order valence-electron chi connectivity index (χ2n) is 4.25. The van der Waals surface area contributed by atoms with Crippen LogP contribution in [0.4, 0.5) is 0 Å². The van der Waals surface area contributed by atoms with Crippen LogP contribution in [0.1, 0.15) is 26.7 Å². The van der Waals surface area contributed by atoms with Gasteiger partial charge in [0.25, 0.3) is 0 Å². The predicted octanol–water partition coefficient (Wildman–Crippen LogP) is 1.07. The van der Waals surface area contributed by atoms with Crippen molar-refractivity contribution in [3.05, 3.63) is 0 Å². The molecule has 66 valence electrons. The Bertz CT molecular complexity index is 132. The molecule has 0 amide bonds. The van der Waals surface area contributed by atoms with Gasteiger partial charge in [-0.15, -0.1) is 0 Å². The molecule has 1 saturated heterocycles. The molecule has 1 aliphatic rings. The molecule has 0 bridgehead atoms. The summed E-state index contributed by atoms with van der Waals surface area (Å²) in [5.41, 5.74) is 6.22. The van der Waals surface area contributed by atoms with Gasteiger partial charge in [-0.25, -0.2) is 0 Å². The molecule has 1 heterocycles. The number of nitrogens with two attached hydrogens (primary N) is 1. The lowest BCUT2D eigenvalue weighted by atomic mass is 9.84. The van der Waals surface area contributed by atoms with Gasteiger partial charge in [0.2, 0.25) is 0 Å². The second kappa shape index (κ2) is 3.11. The molecule has 0 aliphatic carbocycles. The molecule has 0 radical (unpaired) electrons. The Morgan fingerprint density at radius 2 is 2.09 bits per heavy atom.